The molecular weight excluding hydrogens is 294 g/mol. The zero-order chi connectivity index (χ0) is 15.5. The Morgan fingerprint density at radius 3 is 3.05 bits per heavy atom. The highest BCUT2D eigenvalue weighted by atomic mass is 32.1. The summed E-state index contributed by atoms with van der Waals surface area (Å²) in [6, 6.07) is 8.43. The van der Waals surface area contributed by atoms with E-state index < -0.39 is 0 Å². The number of aromatic nitrogens is 1. The summed E-state index contributed by atoms with van der Waals surface area (Å²) >= 11 is 1.62. The van der Waals surface area contributed by atoms with E-state index >= 15 is 0 Å². The second-order valence-corrected chi connectivity index (χ2v) is 6.94. The molecule has 116 valence electrons. The van der Waals surface area contributed by atoms with Crippen molar-refractivity contribution < 1.29 is 4.79 Å². The molecule has 1 fully saturated rings. The van der Waals surface area contributed by atoms with E-state index in [0.717, 1.165) is 35.7 Å². The van der Waals surface area contributed by atoms with E-state index in [4.69, 9.17) is 0 Å². The van der Waals surface area contributed by atoms with E-state index in [1.54, 1.807) is 11.3 Å². The molecule has 1 amide bonds. The molecule has 0 bridgehead atoms. The average Bonchev–Trinajstić information content (AvgIpc) is 2.94. The first kappa shape index (κ1) is 15.2. The molecule has 0 aliphatic carbocycles. The maximum atomic E-state index is 12.5. The Hall–Kier alpha value is -1.72. The summed E-state index contributed by atoms with van der Waals surface area (Å²) in [5.41, 5.74) is 2.64. The smallest absolute Gasteiger partial charge is 0.251 e. The largest absolute Gasteiger partial charge is 0.349 e. The molecule has 3 rings (SSSR count). The van der Waals surface area contributed by atoms with Gasteiger partial charge in [0.2, 0.25) is 0 Å². The zero-order valence-corrected chi connectivity index (χ0v) is 13.7. The van der Waals surface area contributed by atoms with Crippen molar-refractivity contribution in [1.29, 1.82) is 0 Å². The molecule has 2 aromatic rings. The minimum absolute atomic E-state index is 0.00732. The lowest BCUT2D eigenvalue weighted by atomic mass is 10.00. The molecule has 1 aromatic carbocycles. The van der Waals surface area contributed by atoms with Gasteiger partial charge in [-0.15, -0.1) is 11.3 Å². The quantitative estimate of drug-likeness (QED) is 0.915. The molecule has 1 aromatic heterocycles. The SMILES string of the molecule is Cc1nc(-c2cccc(C(=O)NC3CCNC(C)C3)c2)cs1. The summed E-state index contributed by atoms with van der Waals surface area (Å²) in [6.45, 7) is 5.11. The van der Waals surface area contributed by atoms with Gasteiger partial charge < -0.3 is 10.6 Å². The van der Waals surface area contributed by atoms with E-state index in [1.807, 2.05) is 36.6 Å². The Balaban J connectivity index is 1.72. The van der Waals surface area contributed by atoms with Gasteiger partial charge >= 0.3 is 0 Å². The summed E-state index contributed by atoms with van der Waals surface area (Å²) in [6.07, 6.45) is 1.97. The maximum absolute atomic E-state index is 12.5. The molecule has 1 saturated heterocycles. The highest BCUT2D eigenvalue weighted by Gasteiger charge is 2.20. The minimum Gasteiger partial charge on any atom is -0.349 e. The molecule has 22 heavy (non-hydrogen) atoms. The number of carbonyl (C=O) groups is 1. The molecule has 5 heteroatoms. The van der Waals surface area contributed by atoms with Crippen molar-refractivity contribution in [3.8, 4) is 11.3 Å². The number of nitrogens with one attached hydrogen (secondary N) is 2. The minimum atomic E-state index is 0.00732. The van der Waals surface area contributed by atoms with Gasteiger partial charge in [-0.3, -0.25) is 4.79 Å². The Kier molecular flexibility index (Phi) is 4.55. The average molecular weight is 315 g/mol. The molecule has 0 saturated carbocycles. The Bertz CT molecular complexity index is 667. The molecular formula is C17H21N3OS. The molecule has 2 unspecified atom stereocenters. The van der Waals surface area contributed by atoms with Crippen LogP contribution in [0.15, 0.2) is 29.6 Å². The van der Waals surface area contributed by atoms with E-state index in [1.165, 1.54) is 0 Å². The van der Waals surface area contributed by atoms with E-state index in [2.05, 4.69) is 22.5 Å². The third-order valence-corrected chi connectivity index (χ3v) is 4.77. The third kappa shape index (κ3) is 3.54. The fourth-order valence-electron chi connectivity index (χ4n) is 2.85. The summed E-state index contributed by atoms with van der Waals surface area (Å²) in [7, 11) is 0. The molecule has 0 spiro atoms. The number of rotatable bonds is 3. The normalized spacial score (nSPS) is 21.5. The second-order valence-electron chi connectivity index (χ2n) is 5.88. The van der Waals surface area contributed by atoms with Crippen LogP contribution in [-0.2, 0) is 0 Å². The highest BCUT2D eigenvalue weighted by molar-refractivity contribution is 7.09. The second kappa shape index (κ2) is 6.58. The molecule has 2 N–H and O–H groups in total. The van der Waals surface area contributed by atoms with Crippen LogP contribution in [0.2, 0.25) is 0 Å². The predicted molar refractivity (Wildman–Crippen MR) is 90.2 cm³/mol. The Labute approximate surface area is 135 Å². The van der Waals surface area contributed by atoms with Crippen LogP contribution < -0.4 is 10.6 Å². The van der Waals surface area contributed by atoms with Gasteiger partial charge in [-0.1, -0.05) is 12.1 Å². The van der Waals surface area contributed by atoms with Gasteiger partial charge in [0, 0.05) is 28.6 Å². The van der Waals surface area contributed by atoms with Gasteiger partial charge in [-0.2, -0.15) is 0 Å². The van der Waals surface area contributed by atoms with Crippen LogP contribution in [0.3, 0.4) is 0 Å². The molecule has 1 aliphatic heterocycles. The number of piperidine rings is 1. The van der Waals surface area contributed by atoms with Gasteiger partial charge in [0.25, 0.3) is 5.91 Å². The molecule has 4 nitrogen and oxygen atoms in total. The van der Waals surface area contributed by atoms with Crippen molar-refractivity contribution in [2.45, 2.75) is 38.8 Å². The topological polar surface area (TPSA) is 54.0 Å². The summed E-state index contributed by atoms with van der Waals surface area (Å²) in [4.78, 5) is 16.9. The maximum Gasteiger partial charge on any atom is 0.251 e. The van der Waals surface area contributed by atoms with Crippen LogP contribution in [0.4, 0.5) is 0 Å². The lowest BCUT2D eigenvalue weighted by Gasteiger charge is -2.28. The van der Waals surface area contributed by atoms with E-state index in [9.17, 15) is 4.79 Å². The number of hydrogen-bond donors (Lipinski definition) is 2. The fourth-order valence-corrected chi connectivity index (χ4v) is 3.47. The first-order valence-corrected chi connectivity index (χ1v) is 8.56. The van der Waals surface area contributed by atoms with Crippen molar-refractivity contribution in [2.24, 2.45) is 0 Å². The summed E-state index contributed by atoms with van der Waals surface area (Å²) < 4.78 is 0. The number of aryl methyl sites for hydroxylation is 1. The molecule has 2 atom stereocenters. The van der Waals surface area contributed by atoms with Crippen LogP contribution >= 0.6 is 11.3 Å². The first-order valence-electron chi connectivity index (χ1n) is 7.68. The predicted octanol–water partition coefficient (Wildman–Crippen LogP) is 2.99. The monoisotopic (exact) mass is 315 g/mol. The van der Waals surface area contributed by atoms with Gasteiger partial charge in [0.1, 0.15) is 0 Å². The number of hydrogen-bond acceptors (Lipinski definition) is 4. The van der Waals surface area contributed by atoms with Gasteiger partial charge in [0.05, 0.1) is 10.7 Å². The van der Waals surface area contributed by atoms with Crippen LogP contribution in [0.5, 0.6) is 0 Å². The van der Waals surface area contributed by atoms with Crippen molar-refractivity contribution in [1.82, 2.24) is 15.6 Å². The number of benzene rings is 1. The number of thiazole rings is 1. The Morgan fingerprint density at radius 1 is 1.45 bits per heavy atom. The van der Waals surface area contributed by atoms with Crippen molar-refractivity contribution in [3.63, 3.8) is 0 Å². The third-order valence-electron chi connectivity index (χ3n) is 4.00. The van der Waals surface area contributed by atoms with Gasteiger partial charge in [0.15, 0.2) is 0 Å². The van der Waals surface area contributed by atoms with Crippen molar-refractivity contribution in [2.75, 3.05) is 6.54 Å². The van der Waals surface area contributed by atoms with Crippen LogP contribution in [-0.4, -0.2) is 29.5 Å². The molecule has 0 radical (unpaired) electrons. The van der Waals surface area contributed by atoms with Crippen LogP contribution in [0.1, 0.15) is 35.1 Å². The zero-order valence-electron chi connectivity index (χ0n) is 12.9. The molecule has 1 aliphatic rings. The number of amides is 1. The number of nitrogens with zero attached hydrogens (tertiary/aromatic N) is 1. The van der Waals surface area contributed by atoms with Crippen LogP contribution in [0.25, 0.3) is 11.3 Å². The number of carbonyl (C=O) groups excluding carboxylic acids is 1. The van der Waals surface area contributed by atoms with Crippen molar-refractivity contribution in [3.05, 3.63) is 40.2 Å². The molecule has 2 heterocycles. The lowest BCUT2D eigenvalue weighted by molar-refractivity contribution is 0.0925. The first-order chi connectivity index (χ1) is 10.6. The van der Waals surface area contributed by atoms with E-state index in [-0.39, 0.29) is 11.9 Å². The fraction of sp³-hybridized carbons (Fsp3) is 0.412. The Morgan fingerprint density at radius 2 is 2.32 bits per heavy atom. The summed E-state index contributed by atoms with van der Waals surface area (Å²) in [5, 5.41) is 9.62. The van der Waals surface area contributed by atoms with Crippen molar-refractivity contribution >= 4 is 17.2 Å². The van der Waals surface area contributed by atoms with Gasteiger partial charge in [-0.05, 0) is 45.4 Å². The highest BCUT2D eigenvalue weighted by Crippen LogP contribution is 2.22. The van der Waals surface area contributed by atoms with Crippen LogP contribution in [0, 0.1) is 6.92 Å². The summed E-state index contributed by atoms with van der Waals surface area (Å²) in [5.74, 6) is 0.00732. The lowest BCUT2D eigenvalue weighted by Crippen LogP contribution is -2.46. The van der Waals surface area contributed by atoms with E-state index in [0.29, 0.717) is 11.6 Å². The standard InChI is InChI=1S/C17H21N3OS/c1-11-8-15(6-7-18-11)20-17(21)14-5-3-4-13(9-14)16-10-22-12(2)19-16/h3-5,9-11,15,18H,6-8H2,1-2H3,(H,20,21). The van der Waals surface area contributed by atoms with Gasteiger partial charge in [-0.25, -0.2) is 4.98 Å².